The van der Waals surface area contributed by atoms with Crippen molar-refractivity contribution in [2.45, 2.75) is 6.92 Å². The van der Waals surface area contributed by atoms with Gasteiger partial charge in [-0.25, -0.2) is 10.0 Å². The Bertz CT molecular complexity index is 503. The standard InChI is InChI=1S/C11H10N2O4/c1-7-10(11(14)17-12-7)6-8-2-4-9(5-3-8)13(15)16/h2-6,13,15H,1H3/b10-6-. The van der Waals surface area contributed by atoms with Crippen LogP contribution >= 0.6 is 0 Å². The van der Waals surface area contributed by atoms with Crippen molar-refractivity contribution in [1.82, 2.24) is 0 Å². The number of quaternary nitrogens is 1. The van der Waals surface area contributed by atoms with Crippen LogP contribution in [-0.2, 0) is 9.63 Å². The third kappa shape index (κ3) is 2.39. The average Bonchev–Trinajstić information content (AvgIpc) is 2.61. The fourth-order valence-electron chi connectivity index (χ4n) is 1.41. The summed E-state index contributed by atoms with van der Waals surface area (Å²) in [5, 5.41) is 21.9. The fraction of sp³-hybridized carbons (Fsp3) is 0.0909. The summed E-state index contributed by atoms with van der Waals surface area (Å²) >= 11 is 0. The molecule has 0 amide bonds. The lowest BCUT2D eigenvalue weighted by Gasteiger charge is -2.10. The summed E-state index contributed by atoms with van der Waals surface area (Å²) in [5.74, 6) is -0.496. The predicted octanol–water partition coefficient (Wildman–Crippen LogP) is 0.406. The Balaban J connectivity index is 2.27. The number of rotatable bonds is 2. The van der Waals surface area contributed by atoms with Crippen molar-refractivity contribution >= 4 is 23.4 Å². The van der Waals surface area contributed by atoms with Crippen LogP contribution < -0.4 is 5.23 Å². The summed E-state index contributed by atoms with van der Waals surface area (Å²) in [6, 6.07) is 6.19. The maximum atomic E-state index is 11.3. The summed E-state index contributed by atoms with van der Waals surface area (Å²) in [6.45, 7) is 1.67. The Labute approximate surface area is 96.9 Å². The van der Waals surface area contributed by atoms with Gasteiger partial charge in [0, 0.05) is 12.1 Å². The molecule has 2 rings (SSSR count). The highest BCUT2D eigenvalue weighted by Gasteiger charge is 2.21. The number of benzene rings is 1. The van der Waals surface area contributed by atoms with Crippen molar-refractivity contribution in [3.05, 3.63) is 40.6 Å². The van der Waals surface area contributed by atoms with Gasteiger partial charge in [-0.2, -0.15) is 5.23 Å². The molecule has 1 aromatic rings. The van der Waals surface area contributed by atoms with E-state index in [1.165, 1.54) is 12.1 Å². The first-order valence-corrected chi connectivity index (χ1v) is 4.89. The molecule has 0 spiro atoms. The minimum absolute atomic E-state index is 0.200. The van der Waals surface area contributed by atoms with Gasteiger partial charge in [-0.1, -0.05) is 5.16 Å². The Kier molecular flexibility index (Phi) is 3.01. The lowest BCUT2D eigenvalue weighted by Crippen LogP contribution is -2.99. The summed E-state index contributed by atoms with van der Waals surface area (Å²) in [6.07, 6.45) is 1.61. The molecular weight excluding hydrogens is 224 g/mol. The van der Waals surface area contributed by atoms with E-state index in [1.807, 2.05) is 0 Å². The van der Waals surface area contributed by atoms with E-state index >= 15 is 0 Å². The van der Waals surface area contributed by atoms with Gasteiger partial charge in [0.05, 0.1) is 11.3 Å². The molecule has 0 fully saturated rings. The van der Waals surface area contributed by atoms with Gasteiger partial charge in [0.2, 0.25) is 0 Å². The van der Waals surface area contributed by atoms with Crippen molar-refractivity contribution in [3.8, 4) is 0 Å². The van der Waals surface area contributed by atoms with Crippen LogP contribution in [0.25, 0.3) is 6.08 Å². The first-order chi connectivity index (χ1) is 8.08. The van der Waals surface area contributed by atoms with Gasteiger partial charge in [-0.3, -0.25) is 0 Å². The molecule has 1 aliphatic rings. The summed E-state index contributed by atoms with van der Waals surface area (Å²) in [4.78, 5) is 15.8. The lowest BCUT2D eigenvalue weighted by atomic mass is 10.1. The monoisotopic (exact) mass is 234 g/mol. The molecule has 0 aromatic heterocycles. The third-order valence-electron chi connectivity index (χ3n) is 2.34. The maximum Gasteiger partial charge on any atom is 0.367 e. The Morgan fingerprint density at radius 2 is 2.06 bits per heavy atom. The van der Waals surface area contributed by atoms with E-state index in [-0.39, 0.29) is 5.69 Å². The molecule has 2 N–H and O–H groups in total. The molecule has 0 saturated carbocycles. The van der Waals surface area contributed by atoms with Crippen LogP contribution in [0.2, 0.25) is 0 Å². The largest absolute Gasteiger partial charge is 0.595 e. The number of oxime groups is 1. The van der Waals surface area contributed by atoms with Gasteiger partial charge in [-0.05, 0) is 30.7 Å². The van der Waals surface area contributed by atoms with Crippen LogP contribution in [0.5, 0.6) is 0 Å². The highest BCUT2D eigenvalue weighted by molar-refractivity contribution is 6.24. The number of carbonyl (C=O) groups excluding carboxylic acids is 1. The van der Waals surface area contributed by atoms with E-state index in [0.29, 0.717) is 11.3 Å². The van der Waals surface area contributed by atoms with Crippen LogP contribution in [0, 0.1) is 5.21 Å². The Hall–Kier alpha value is -2.02. The van der Waals surface area contributed by atoms with E-state index in [2.05, 4.69) is 9.99 Å². The number of nitrogens with one attached hydrogen (secondary N) is 1. The maximum absolute atomic E-state index is 11.3. The molecule has 0 bridgehead atoms. The van der Waals surface area contributed by atoms with Gasteiger partial charge < -0.3 is 10.0 Å². The van der Waals surface area contributed by atoms with Crippen LogP contribution in [-0.4, -0.2) is 16.9 Å². The summed E-state index contributed by atoms with van der Waals surface area (Å²) in [5.41, 5.74) is 1.82. The highest BCUT2D eigenvalue weighted by atomic mass is 16.8. The SMILES string of the molecule is CC1=NOC(=O)/C1=C\c1ccc([NH+]([O-])O)cc1. The Morgan fingerprint density at radius 1 is 1.41 bits per heavy atom. The number of carbonyl (C=O) groups is 1. The highest BCUT2D eigenvalue weighted by Crippen LogP contribution is 2.16. The zero-order valence-electron chi connectivity index (χ0n) is 9.01. The van der Waals surface area contributed by atoms with Crippen molar-refractivity contribution in [3.63, 3.8) is 0 Å². The van der Waals surface area contributed by atoms with Crippen LogP contribution in [0.15, 0.2) is 35.0 Å². The van der Waals surface area contributed by atoms with Gasteiger partial charge in [-0.15, -0.1) is 0 Å². The van der Waals surface area contributed by atoms with Crippen LogP contribution in [0.3, 0.4) is 0 Å². The topological polar surface area (TPSA) is 86.4 Å². The lowest BCUT2D eigenvalue weighted by molar-refractivity contribution is -0.991. The van der Waals surface area contributed by atoms with Crippen molar-refractivity contribution in [2.24, 2.45) is 5.16 Å². The Morgan fingerprint density at radius 3 is 2.53 bits per heavy atom. The molecule has 1 aromatic carbocycles. The van der Waals surface area contributed by atoms with Crippen LogP contribution in [0.1, 0.15) is 12.5 Å². The van der Waals surface area contributed by atoms with E-state index in [1.54, 1.807) is 25.1 Å². The van der Waals surface area contributed by atoms with Crippen molar-refractivity contribution < 1.29 is 20.1 Å². The smallest absolute Gasteiger partial charge is 0.367 e. The molecule has 17 heavy (non-hydrogen) atoms. The van der Waals surface area contributed by atoms with E-state index in [4.69, 9.17) is 5.21 Å². The molecule has 1 heterocycles. The second-order valence-electron chi connectivity index (χ2n) is 3.54. The van der Waals surface area contributed by atoms with Crippen LogP contribution in [0.4, 0.5) is 5.69 Å². The second kappa shape index (κ2) is 4.46. The zero-order chi connectivity index (χ0) is 12.4. The first kappa shape index (κ1) is 11.5. The third-order valence-corrected chi connectivity index (χ3v) is 2.34. The molecule has 0 radical (unpaired) electrons. The summed E-state index contributed by atoms with van der Waals surface area (Å²) in [7, 11) is 0. The normalized spacial score (nSPS) is 19.1. The molecular formula is C11H10N2O4. The van der Waals surface area contributed by atoms with Gasteiger partial charge in [0.25, 0.3) is 0 Å². The number of nitrogens with zero attached hydrogens (tertiary/aromatic N) is 1. The van der Waals surface area contributed by atoms with Gasteiger partial charge >= 0.3 is 5.97 Å². The molecule has 0 saturated heterocycles. The number of hydrogen-bond acceptors (Lipinski definition) is 5. The van der Waals surface area contributed by atoms with Crippen molar-refractivity contribution in [1.29, 1.82) is 0 Å². The number of hydrogen-bond donors (Lipinski definition) is 2. The van der Waals surface area contributed by atoms with E-state index < -0.39 is 11.2 Å². The minimum atomic E-state index is -0.984. The van der Waals surface area contributed by atoms with E-state index in [0.717, 1.165) is 5.56 Å². The quantitative estimate of drug-likeness (QED) is 0.440. The molecule has 6 heteroatoms. The molecule has 6 nitrogen and oxygen atoms in total. The van der Waals surface area contributed by atoms with Gasteiger partial charge in [0.1, 0.15) is 0 Å². The molecule has 1 atom stereocenters. The van der Waals surface area contributed by atoms with E-state index in [9.17, 15) is 10.0 Å². The predicted molar refractivity (Wildman–Crippen MR) is 59.4 cm³/mol. The van der Waals surface area contributed by atoms with Crippen molar-refractivity contribution in [2.75, 3.05) is 0 Å². The first-order valence-electron chi connectivity index (χ1n) is 4.89. The average molecular weight is 234 g/mol. The zero-order valence-corrected chi connectivity index (χ0v) is 9.01. The van der Waals surface area contributed by atoms with Gasteiger partial charge in [0.15, 0.2) is 5.69 Å². The molecule has 0 aliphatic carbocycles. The molecule has 1 aliphatic heterocycles. The molecule has 88 valence electrons. The molecule has 1 unspecified atom stereocenters. The second-order valence-corrected chi connectivity index (χ2v) is 3.54. The minimum Gasteiger partial charge on any atom is -0.595 e. The summed E-state index contributed by atoms with van der Waals surface area (Å²) < 4.78 is 0. The fourth-order valence-corrected chi connectivity index (χ4v) is 1.41.